The van der Waals surface area contributed by atoms with Gasteiger partial charge in [0, 0.05) is 12.1 Å². The van der Waals surface area contributed by atoms with Crippen molar-refractivity contribution in [2.75, 3.05) is 19.5 Å². The standard InChI is InChI=1S/C19H23NO5/c1-24-18(22)14-7-15(19(23)25-2)9-16(8-14)20-17(21)10-13-6-11-3-4-12(13)5-11/h7-9,11-13H,3-6,10H2,1-2H3,(H,20,21). The van der Waals surface area contributed by atoms with Crippen LogP contribution < -0.4 is 5.32 Å². The number of benzene rings is 1. The van der Waals surface area contributed by atoms with E-state index >= 15 is 0 Å². The van der Waals surface area contributed by atoms with Gasteiger partial charge in [-0.05, 0) is 55.2 Å². The topological polar surface area (TPSA) is 81.7 Å². The highest BCUT2D eigenvalue weighted by molar-refractivity contribution is 5.99. The summed E-state index contributed by atoms with van der Waals surface area (Å²) < 4.78 is 9.40. The van der Waals surface area contributed by atoms with E-state index in [0.717, 1.165) is 12.3 Å². The Hall–Kier alpha value is -2.37. The Balaban J connectivity index is 1.72. The molecule has 0 aromatic heterocycles. The number of carbonyl (C=O) groups excluding carboxylic acids is 3. The summed E-state index contributed by atoms with van der Waals surface area (Å²) in [6.45, 7) is 0. The minimum absolute atomic E-state index is 0.0876. The predicted octanol–water partition coefficient (Wildman–Crippen LogP) is 3.02. The van der Waals surface area contributed by atoms with Crippen molar-refractivity contribution in [2.45, 2.75) is 32.1 Å². The Labute approximate surface area is 146 Å². The number of methoxy groups -OCH3 is 2. The van der Waals surface area contributed by atoms with Gasteiger partial charge in [0.25, 0.3) is 0 Å². The number of ether oxygens (including phenoxy) is 2. The van der Waals surface area contributed by atoms with E-state index in [4.69, 9.17) is 9.47 Å². The number of carbonyl (C=O) groups is 3. The summed E-state index contributed by atoms with van der Waals surface area (Å²) in [4.78, 5) is 36.0. The highest BCUT2D eigenvalue weighted by Crippen LogP contribution is 2.49. The number of amides is 1. The normalized spacial score (nSPS) is 24.0. The van der Waals surface area contributed by atoms with Crippen LogP contribution in [0.3, 0.4) is 0 Å². The van der Waals surface area contributed by atoms with E-state index in [-0.39, 0.29) is 17.0 Å². The molecule has 3 atom stereocenters. The van der Waals surface area contributed by atoms with Gasteiger partial charge < -0.3 is 14.8 Å². The van der Waals surface area contributed by atoms with Crippen LogP contribution in [-0.2, 0) is 14.3 Å². The Morgan fingerprint density at radius 1 is 1.00 bits per heavy atom. The molecule has 25 heavy (non-hydrogen) atoms. The van der Waals surface area contributed by atoms with Gasteiger partial charge in [-0.15, -0.1) is 0 Å². The van der Waals surface area contributed by atoms with Crippen LogP contribution in [-0.4, -0.2) is 32.1 Å². The number of esters is 2. The second kappa shape index (κ2) is 7.25. The molecule has 1 aromatic carbocycles. The Morgan fingerprint density at radius 2 is 1.64 bits per heavy atom. The third-order valence-corrected chi connectivity index (χ3v) is 5.39. The first kappa shape index (κ1) is 17.5. The summed E-state index contributed by atoms with van der Waals surface area (Å²) in [5.74, 6) is 0.667. The molecule has 1 aromatic rings. The van der Waals surface area contributed by atoms with E-state index in [2.05, 4.69) is 5.32 Å². The fourth-order valence-electron chi connectivity index (χ4n) is 4.25. The molecule has 0 heterocycles. The minimum Gasteiger partial charge on any atom is -0.465 e. The molecule has 2 saturated carbocycles. The average Bonchev–Trinajstić information content (AvgIpc) is 3.22. The van der Waals surface area contributed by atoms with Crippen molar-refractivity contribution in [2.24, 2.45) is 17.8 Å². The quantitative estimate of drug-likeness (QED) is 0.830. The number of hydrogen-bond donors (Lipinski definition) is 1. The van der Waals surface area contributed by atoms with Gasteiger partial charge in [-0.3, -0.25) is 4.79 Å². The molecule has 0 radical (unpaired) electrons. The first-order chi connectivity index (χ1) is 12.0. The van der Waals surface area contributed by atoms with Gasteiger partial charge in [0.1, 0.15) is 0 Å². The summed E-state index contributed by atoms with van der Waals surface area (Å²) in [5, 5.41) is 2.81. The lowest BCUT2D eigenvalue weighted by atomic mass is 9.86. The highest BCUT2D eigenvalue weighted by Gasteiger charge is 2.40. The molecule has 2 bridgehead atoms. The lowest BCUT2D eigenvalue weighted by Crippen LogP contribution is -2.20. The molecule has 2 fully saturated rings. The summed E-state index contributed by atoms with van der Waals surface area (Å²) in [7, 11) is 2.53. The van der Waals surface area contributed by atoms with Gasteiger partial charge in [-0.2, -0.15) is 0 Å². The molecule has 1 N–H and O–H groups in total. The fraction of sp³-hybridized carbons (Fsp3) is 0.526. The van der Waals surface area contributed by atoms with Crippen molar-refractivity contribution in [3.63, 3.8) is 0 Å². The zero-order chi connectivity index (χ0) is 18.0. The summed E-state index contributed by atoms with van der Waals surface area (Å²) in [6.07, 6.45) is 5.40. The largest absolute Gasteiger partial charge is 0.465 e. The lowest BCUT2D eigenvalue weighted by molar-refractivity contribution is -0.117. The van der Waals surface area contributed by atoms with Crippen LogP contribution >= 0.6 is 0 Å². The van der Waals surface area contributed by atoms with Crippen molar-refractivity contribution in [1.29, 1.82) is 0 Å². The predicted molar refractivity (Wildman–Crippen MR) is 91.3 cm³/mol. The molecular weight excluding hydrogens is 322 g/mol. The Morgan fingerprint density at radius 3 is 2.12 bits per heavy atom. The number of fused-ring (bicyclic) bond motifs is 2. The molecule has 6 heteroatoms. The molecule has 2 aliphatic rings. The molecule has 1 amide bonds. The van der Waals surface area contributed by atoms with Gasteiger partial charge in [-0.1, -0.05) is 6.42 Å². The third-order valence-electron chi connectivity index (χ3n) is 5.39. The maximum atomic E-state index is 12.4. The van der Waals surface area contributed by atoms with Crippen LogP contribution in [0.2, 0.25) is 0 Å². The number of rotatable bonds is 5. The van der Waals surface area contributed by atoms with Crippen LogP contribution in [0.15, 0.2) is 18.2 Å². The van der Waals surface area contributed by atoms with Crippen molar-refractivity contribution in [1.82, 2.24) is 0 Å². The zero-order valence-corrected chi connectivity index (χ0v) is 14.5. The second-order valence-corrected chi connectivity index (χ2v) is 6.97. The monoisotopic (exact) mass is 345 g/mol. The molecule has 0 spiro atoms. The van der Waals surface area contributed by atoms with Crippen LogP contribution in [0.5, 0.6) is 0 Å². The maximum Gasteiger partial charge on any atom is 0.337 e. The van der Waals surface area contributed by atoms with Crippen LogP contribution in [0, 0.1) is 17.8 Å². The first-order valence-corrected chi connectivity index (χ1v) is 8.61. The summed E-state index contributed by atoms with van der Waals surface area (Å²) in [5.41, 5.74) is 0.790. The second-order valence-electron chi connectivity index (χ2n) is 6.97. The van der Waals surface area contributed by atoms with E-state index in [0.29, 0.717) is 23.9 Å². The van der Waals surface area contributed by atoms with E-state index in [1.807, 2.05) is 0 Å². The molecule has 6 nitrogen and oxygen atoms in total. The Bertz CT molecular complexity index is 665. The molecule has 3 rings (SSSR count). The van der Waals surface area contributed by atoms with Crippen molar-refractivity contribution >= 4 is 23.5 Å². The van der Waals surface area contributed by atoms with Gasteiger partial charge in [0.15, 0.2) is 0 Å². The SMILES string of the molecule is COC(=O)c1cc(NC(=O)CC2CC3CCC2C3)cc(C(=O)OC)c1. The molecule has 0 saturated heterocycles. The minimum atomic E-state index is -0.575. The van der Waals surface area contributed by atoms with Crippen LogP contribution in [0.1, 0.15) is 52.8 Å². The average molecular weight is 345 g/mol. The Kier molecular flexibility index (Phi) is 5.06. The molecule has 3 unspecified atom stereocenters. The first-order valence-electron chi connectivity index (χ1n) is 8.61. The maximum absolute atomic E-state index is 12.4. The van der Waals surface area contributed by atoms with Crippen molar-refractivity contribution in [3.05, 3.63) is 29.3 Å². The molecule has 2 aliphatic carbocycles. The number of anilines is 1. The van der Waals surface area contributed by atoms with Gasteiger partial charge in [-0.25, -0.2) is 9.59 Å². The zero-order valence-electron chi connectivity index (χ0n) is 14.5. The van der Waals surface area contributed by atoms with Crippen LogP contribution in [0.25, 0.3) is 0 Å². The van der Waals surface area contributed by atoms with E-state index in [1.165, 1.54) is 51.7 Å². The fourth-order valence-corrected chi connectivity index (χ4v) is 4.25. The molecule has 134 valence electrons. The van der Waals surface area contributed by atoms with Gasteiger partial charge >= 0.3 is 11.9 Å². The van der Waals surface area contributed by atoms with Crippen LogP contribution in [0.4, 0.5) is 5.69 Å². The highest BCUT2D eigenvalue weighted by atomic mass is 16.5. The number of hydrogen-bond acceptors (Lipinski definition) is 5. The number of nitrogens with one attached hydrogen (secondary N) is 1. The van der Waals surface area contributed by atoms with E-state index in [1.54, 1.807) is 0 Å². The molecule has 0 aliphatic heterocycles. The van der Waals surface area contributed by atoms with E-state index < -0.39 is 11.9 Å². The third kappa shape index (κ3) is 3.83. The van der Waals surface area contributed by atoms with Gasteiger partial charge in [0.05, 0.1) is 25.3 Å². The summed E-state index contributed by atoms with van der Waals surface area (Å²) in [6, 6.07) is 4.41. The smallest absolute Gasteiger partial charge is 0.337 e. The van der Waals surface area contributed by atoms with Crippen molar-refractivity contribution < 1.29 is 23.9 Å². The summed E-state index contributed by atoms with van der Waals surface area (Å²) >= 11 is 0. The van der Waals surface area contributed by atoms with E-state index in [9.17, 15) is 14.4 Å². The molecular formula is C19H23NO5. The van der Waals surface area contributed by atoms with Gasteiger partial charge in [0.2, 0.25) is 5.91 Å². The van der Waals surface area contributed by atoms with Crippen molar-refractivity contribution in [3.8, 4) is 0 Å². The lowest BCUT2D eigenvalue weighted by Gasteiger charge is -2.21.